The summed E-state index contributed by atoms with van der Waals surface area (Å²) in [6, 6.07) is 3.95. The summed E-state index contributed by atoms with van der Waals surface area (Å²) >= 11 is 0. The predicted octanol–water partition coefficient (Wildman–Crippen LogP) is 0.850. The van der Waals surface area contributed by atoms with Gasteiger partial charge in [0.25, 0.3) is 0 Å². The first-order valence-electron chi connectivity index (χ1n) is 6.21. The van der Waals surface area contributed by atoms with Crippen LogP contribution in [-0.2, 0) is 4.79 Å². The number of nitrogens with one attached hydrogen (secondary N) is 1. The molecule has 1 aliphatic carbocycles. The second-order valence-electron chi connectivity index (χ2n) is 4.82. The Morgan fingerprint density at radius 1 is 1.67 bits per heavy atom. The molecule has 0 spiro atoms. The normalized spacial score (nSPS) is 16.2. The maximum Gasteiger partial charge on any atom is 0.239 e. The van der Waals surface area contributed by atoms with E-state index >= 15 is 0 Å². The van der Waals surface area contributed by atoms with Crippen LogP contribution < -0.4 is 10.2 Å². The third-order valence-corrected chi connectivity index (χ3v) is 2.97. The Morgan fingerprint density at radius 2 is 2.39 bits per heavy atom. The van der Waals surface area contributed by atoms with Gasteiger partial charge >= 0.3 is 0 Å². The number of hydrogen-bond acceptors (Lipinski definition) is 4. The van der Waals surface area contributed by atoms with Crippen molar-refractivity contribution in [2.24, 2.45) is 0 Å². The van der Waals surface area contributed by atoms with Gasteiger partial charge in [-0.3, -0.25) is 4.79 Å². The maximum absolute atomic E-state index is 11.7. The number of pyridine rings is 1. The molecular weight excluding hydrogens is 230 g/mol. The highest BCUT2D eigenvalue weighted by molar-refractivity contribution is 5.81. The van der Waals surface area contributed by atoms with Crippen molar-refractivity contribution in [3.05, 3.63) is 23.9 Å². The average Bonchev–Trinajstić information content (AvgIpc) is 3.12. The van der Waals surface area contributed by atoms with E-state index in [1.165, 1.54) is 0 Å². The lowest BCUT2D eigenvalue weighted by molar-refractivity contribution is -0.119. The van der Waals surface area contributed by atoms with E-state index < -0.39 is 6.10 Å². The van der Waals surface area contributed by atoms with Crippen molar-refractivity contribution in [1.29, 1.82) is 0 Å². The Bertz CT molecular complexity index is 430. The zero-order chi connectivity index (χ0) is 13.1. The molecule has 2 N–H and O–H groups in total. The third-order valence-electron chi connectivity index (χ3n) is 2.97. The second kappa shape index (κ2) is 5.35. The van der Waals surface area contributed by atoms with Crippen LogP contribution in [0.4, 0.5) is 5.82 Å². The van der Waals surface area contributed by atoms with Gasteiger partial charge in [0.1, 0.15) is 5.82 Å². The number of carbonyl (C=O) groups is 1. The van der Waals surface area contributed by atoms with Gasteiger partial charge in [-0.15, -0.1) is 0 Å². The summed E-state index contributed by atoms with van der Waals surface area (Å²) in [5.41, 5.74) is 0.800. The lowest BCUT2D eigenvalue weighted by atomic mass is 10.2. The molecule has 1 aromatic rings. The van der Waals surface area contributed by atoms with E-state index in [0.29, 0.717) is 11.9 Å². The largest absolute Gasteiger partial charge is 0.389 e. The predicted molar refractivity (Wildman–Crippen MR) is 69.3 cm³/mol. The number of nitrogens with zero attached hydrogens (tertiary/aromatic N) is 2. The molecule has 1 aromatic heterocycles. The van der Waals surface area contributed by atoms with Crippen LogP contribution in [0, 0.1) is 0 Å². The molecule has 1 atom stereocenters. The van der Waals surface area contributed by atoms with E-state index in [1.54, 1.807) is 30.2 Å². The molecule has 2 rings (SSSR count). The van der Waals surface area contributed by atoms with Crippen LogP contribution in [0.2, 0.25) is 0 Å². The van der Waals surface area contributed by atoms with E-state index in [0.717, 1.165) is 18.4 Å². The molecule has 1 amide bonds. The summed E-state index contributed by atoms with van der Waals surface area (Å²) in [5.74, 6) is 0.712. The highest BCUT2D eigenvalue weighted by atomic mass is 16.3. The Balaban J connectivity index is 1.96. The summed E-state index contributed by atoms with van der Waals surface area (Å²) in [5, 5.41) is 12.4. The minimum atomic E-state index is -0.527. The number of likely N-dealkylation sites (N-methyl/N-ethyl adjacent to an activating group) is 1. The first-order chi connectivity index (χ1) is 8.56. The van der Waals surface area contributed by atoms with Gasteiger partial charge in [-0.2, -0.15) is 0 Å². The van der Waals surface area contributed by atoms with Crippen LogP contribution in [0.1, 0.15) is 31.4 Å². The summed E-state index contributed by atoms with van der Waals surface area (Å²) in [4.78, 5) is 17.7. The molecule has 18 heavy (non-hydrogen) atoms. The number of aliphatic hydroxyl groups excluding tert-OH is 1. The van der Waals surface area contributed by atoms with E-state index in [9.17, 15) is 9.90 Å². The number of carbonyl (C=O) groups excluding carboxylic acids is 1. The van der Waals surface area contributed by atoms with Gasteiger partial charge in [-0.1, -0.05) is 0 Å². The van der Waals surface area contributed by atoms with Gasteiger partial charge in [-0.05, 0) is 37.5 Å². The summed E-state index contributed by atoms with van der Waals surface area (Å²) in [6.07, 6.45) is 3.30. The molecule has 0 saturated heterocycles. The number of anilines is 1. The fraction of sp³-hybridized carbons (Fsp3) is 0.538. The topological polar surface area (TPSA) is 65.5 Å². The lowest BCUT2D eigenvalue weighted by Crippen LogP contribution is -2.36. The third kappa shape index (κ3) is 3.43. The maximum atomic E-state index is 11.7. The van der Waals surface area contributed by atoms with Crippen LogP contribution >= 0.6 is 0 Å². The molecule has 0 bridgehead atoms. The van der Waals surface area contributed by atoms with Crippen LogP contribution in [0.15, 0.2) is 18.3 Å². The minimum absolute atomic E-state index is 0.0178. The fourth-order valence-corrected chi connectivity index (χ4v) is 1.70. The SMILES string of the molecule is C[C@@H](O)c1ccnc(N(C)CC(=O)NC2CC2)c1. The first kappa shape index (κ1) is 12.8. The number of hydrogen-bond donors (Lipinski definition) is 2. The first-order valence-corrected chi connectivity index (χ1v) is 6.21. The smallest absolute Gasteiger partial charge is 0.239 e. The average molecular weight is 249 g/mol. The number of aromatic nitrogens is 1. The summed E-state index contributed by atoms with van der Waals surface area (Å²) in [7, 11) is 1.82. The quantitative estimate of drug-likeness (QED) is 0.812. The van der Waals surface area contributed by atoms with E-state index in [4.69, 9.17) is 0 Å². The van der Waals surface area contributed by atoms with Crippen molar-refractivity contribution < 1.29 is 9.90 Å². The molecule has 0 unspecified atom stereocenters. The van der Waals surface area contributed by atoms with Crippen molar-refractivity contribution in [3.63, 3.8) is 0 Å². The minimum Gasteiger partial charge on any atom is -0.389 e. The monoisotopic (exact) mass is 249 g/mol. The van der Waals surface area contributed by atoms with Crippen molar-refractivity contribution in [1.82, 2.24) is 10.3 Å². The van der Waals surface area contributed by atoms with Crippen molar-refractivity contribution in [2.45, 2.75) is 31.9 Å². The zero-order valence-electron chi connectivity index (χ0n) is 10.8. The molecule has 0 radical (unpaired) electrons. The van der Waals surface area contributed by atoms with Gasteiger partial charge in [0.15, 0.2) is 0 Å². The van der Waals surface area contributed by atoms with Gasteiger partial charge in [0, 0.05) is 19.3 Å². The standard InChI is InChI=1S/C13H19N3O2/c1-9(17)10-5-6-14-12(7-10)16(2)8-13(18)15-11-3-4-11/h5-7,9,11,17H,3-4,8H2,1-2H3,(H,15,18)/t9-/m1/s1. The molecule has 1 fully saturated rings. The van der Waals surface area contributed by atoms with Gasteiger partial charge in [0.2, 0.25) is 5.91 Å². The molecule has 0 aromatic carbocycles. The molecule has 1 saturated carbocycles. The zero-order valence-corrected chi connectivity index (χ0v) is 10.8. The Labute approximate surface area is 107 Å². The Morgan fingerprint density at radius 3 is 3.00 bits per heavy atom. The van der Waals surface area contributed by atoms with Crippen LogP contribution in [0.5, 0.6) is 0 Å². The lowest BCUT2D eigenvalue weighted by Gasteiger charge is -2.18. The van der Waals surface area contributed by atoms with E-state index in [2.05, 4.69) is 10.3 Å². The van der Waals surface area contributed by atoms with Crippen LogP contribution in [0.3, 0.4) is 0 Å². The Kier molecular flexibility index (Phi) is 3.81. The molecule has 5 heteroatoms. The van der Waals surface area contributed by atoms with Crippen molar-refractivity contribution in [3.8, 4) is 0 Å². The number of rotatable bonds is 5. The van der Waals surface area contributed by atoms with Gasteiger partial charge in [0.05, 0.1) is 12.6 Å². The van der Waals surface area contributed by atoms with Crippen LogP contribution in [0.25, 0.3) is 0 Å². The molecule has 1 aliphatic rings. The molecule has 0 aliphatic heterocycles. The second-order valence-corrected chi connectivity index (χ2v) is 4.82. The van der Waals surface area contributed by atoms with Gasteiger partial charge in [-0.25, -0.2) is 4.98 Å². The van der Waals surface area contributed by atoms with Gasteiger partial charge < -0.3 is 15.3 Å². The highest BCUT2D eigenvalue weighted by Gasteiger charge is 2.23. The fourth-order valence-electron chi connectivity index (χ4n) is 1.70. The summed E-state index contributed by atoms with van der Waals surface area (Å²) < 4.78 is 0. The molecular formula is C13H19N3O2. The number of amides is 1. The van der Waals surface area contributed by atoms with Crippen molar-refractivity contribution >= 4 is 11.7 Å². The van der Waals surface area contributed by atoms with Crippen LogP contribution in [-0.4, -0.2) is 35.6 Å². The van der Waals surface area contributed by atoms with E-state index in [-0.39, 0.29) is 12.5 Å². The number of aliphatic hydroxyl groups is 1. The molecule has 1 heterocycles. The Hall–Kier alpha value is -1.62. The van der Waals surface area contributed by atoms with Crippen molar-refractivity contribution in [2.75, 3.05) is 18.5 Å². The molecule has 5 nitrogen and oxygen atoms in total. The summed E-state index contributed by atoms with van der Waals surface area (Å²) in [6.45, 7) is 1.99. The van der Waals surface area contributed by atoms with E-state index in [1.807, 2.05) is 7.05 Å². The highest BCUT2D eigenvalue weighted by Crippen LogP contribution is 2.19. The molecule has 98 valence electrons.